The van der Waals surface area contributed by atoms with Crippen LogP contribution in [-0.4, -0.2) is 41.3 Å². The van der Waals surface area contributed by atoms with Gasteiger partial charge >= 0.3 is 0 Å². The molecule has 0 spiro atoms. The Balaban J connectivity index is 1.90. The van der Waals surface area contributed by atoms with Crippen LogP contribution in [0.15, 0.2) is 0 Å². The molecule has 0 amide bonds. The molecular weight excluding hydrogens is 164 g/mol. The summed E-state index contributed by atoms with van der Waals surface area (Å²) in [6.07, 6.45) is 5.61. The van der Waals surface area contributed by atoms with Crippen molar-refractivity contribution in [3.05, 3.63) is 0 Å². The van der Waals surface area contributed by atoms with Crippen molar-refractivity contribution < 1.29 is 5.11 Å². The first-order valence-corrected chi connectivity index (χ1v) is 5.45. The first-order valence-electron chi connectivity index (χ1n) is 5.45. The third kappa shape index (κ3) is 1.87. The summed E-state index contributed by atoms with van der Waals surface area (Å²) in [5, 5.41) is 9.58. The lowest BCUT2D eigenvalue weighted by molar-refractivity contribution is 0.0353. The van der Waals surface area contributed by atoms with Gasteiger partial charge in [0, 0.05) is 12.1 Å². The van der Waals surface area contributed by atoms with Gasteiger partial charge in [-0.05, 0) is 45.2 Å². The maximum absolute atomic E-state index is 9.58. The van der Waals surface area contributed by atoms with Crippen molar-refractivity contribution in [2.75, 3.05) is 13.1 Å². The number of aliphatic hydroxyl groups is 1. The molecule has 0 aromatic heterocycles. The molecule has 2 heterocycles. The molecule has 3 N–H and O–H groups in total. The number of hydrogen-bond acceptors (Lipinski definition) is 3. The van der Waals surface area contributed by atoms with Crippen LogP contribution in [-0.2, 0) is 0 Å². The van der Waals surface area contributed by atoms with E-state index in [2.05, 4.69) is 4.90 Å². The molecular formula is C10H20N2O. The van der Waals surface area contributed by atoms with Crippen LogP contribution in [0.1, 0.15) is 32.1 Å². The van der Waals surface area contributed by atoms with E-state index in [0.717, 1.165) is 32.4 Å². The van der Waals surface area contributed by atoms with Crippen LogP contribution in [0.4, 0.5) is 0 Å². The number of rotatable bonds is 3. The lowest BCUT2D eigenvalue weighted by Crippen LogP contribution is -2.45. The molecule has 3 nitrogen and oxygen atoms in total. The molecule has 2 aliphatic heterocycles. The molecule has 2 saturated heterocycles. The highest BCUT2D eigenvalue weighted by Gasteiger charge is 2.39. The minimum Gasteiger partial charge on any atom is -0.393 e. The SMILES string of the molecule is NCCCN1C2CCC1CC(O)C2. The summed E-state index contributed by atoms with van der Waals surface area (Å²) < 4.78 is 0. The Hall–Kier alpha value is -0.120. The Bertz CT molecular complexity index is 160. The molecule has 2 atom stereocenters. The number of piperidine rings is 1. The molecule has 2 rings (SSSR count). The van der Waals surface area contributed by atoms with Crippen LogP contribution in [0, 0.1) is 0 Å². The second kappa shape index (κ2) is 3.95. The van der Waals surface area contributed by atoms with E-state index in [-0.39, 0.29) is 6.10 Å². The first kappa shape index (κ1) is 9.44. The normalized spacial score (nSPS) is 39.7. The molecule has 2 bridgehead atoms. The van der Waals surface area contributed by atoms with Crippen molar-refractivity contribution in [2.45, 2.75) is 50.3 Å². The standard InChI is InChI=1S/C10H20N2O/c11-4-1-5-12-8-2-3-9(12)7-10(13)6-8/h8-10,13H,1-7,11H2. The van der Waals surface area contributed by atoms with E-state index in [0.29, 0.717) is 12.1 Å². The van der Waals surface area contributed by atoms with Crippen LogP contribution in [0.5, 0.6) is 0 Å². The van der Waals surface area contributed by atoms with Crippen LogP contribution in [0.25, 0.3) is 0 Å². The zero-order valence-electron chi connectivity index (χ0n) is 8.15. The van der Waals surface area contributed by atoms with Gasteiger partial charge < -0.3 is 10.8 Å². The zero-order chi connectivity index (χ0) is 9.26. The smallest absolute Gasteiger partial charge is 0.0570 e. The van der Waals surface area contributed by atoms with Crippen molar-refractivity contribution in [3.8, 4) is 0 Å². The summed E-state index contributed by atoms with van der Waals surface area (Å²) in [6.45, 7) is 1.93. The molecule has 0 aromatic carbocycles. The number of hydrogen-bond donors (Lipinski definition) is 2. The van der Waals surface area contributed by atoms with Crippen LogP contribution >= 0.6 is 0 Å². The Labute approximate surface area is 79.9 Å². The Kier molecular flexibility index (Phi) is 2.86. The predicted molar refractivity (Wildman–Crippen MR) is 52.4 cm³/mol. The lowest BCUT2D eigenvalue weighted by atomic mass is 10.00. The summed E-state index contributed by atoms with van der Waals surface area (Å²) in [6, 6.07) is 1.31. The fourth-order valence-corrected chi connectivity index (χ4v) is 2.88. The van der Waals surface area contributed by atoms with Crippen LogP contribution in [0.3, 0.4) is 0 Å². The van der Waals surface area contributed by atoms with Gasteiger partial charge in [0.2, 0.25) is 0 Å². The van der Waals surface area contributed by atoms with Gasteiger partial charge in [0.1, 0.15) is 0 Å². The quantitative estimate of drug-likeness (QED) is 0.664. The van der Waals surface area contributed by atoms with Gasteiger partial charge in [-0.15, -0.1) is 0 Å². The van der Waals surface area contributed by atoms with Gasteiger partial charge in [-0.1, -0.05) is 0 Å². The first-order chi connectivity index (χ1) is 6.31. The second-order valence-corrected chi connectivity index (χ2v) is 4.39. The molecule has 3 heteroatoms. The molecule has 2 fully saturated rings. The molecule has 0 saturated carbocycles. The summed E-state index contributed by atoms with van der Waals surface area (Å²) in [7, 11) is 0. The van der Waals surface area contributed by atoms with Crippen LogP contribution < -0.4 is 5.73 Å². The van der Waals surface area contributed by atoms with E-state index in [9.17, 15) is 5.11 Å². The maximum Gasteiger partial charge on any atom is 0.0570 e. The van der Waals surface area contributed by atoms with E-state index in [1.54, 1.807) is 0 Å². The minimum absolute atomic E-state index is 0.0355. The van der Waals surface area contributed by atoms with Gasteiger partial charge in [0.25, 0.3) is 0 Å². The largest absolute Gasteiger partial charge is 0.393 e. The van der Waals surface area contributed by atoms with E-state index in [1.807, 2.05) is 0 Å². The monoisotopic (exact) mass is 184 g/mol. The maximum atomic E-state index is 9.58. The Morgan fingerprint density at radius 3 is 2.38 bits per heavy atom. The molecule has 76 valence electrons. The van der Waals surface area contributed by atoms with Crippen molar-refractivity contribution in [1.82, 2.24) is 4.90 Å². The highest BCUT2D eigenvalue weighted by Crippen LogP contribution is 2.35. The van der Waals surface area contributed by atoms with E-state index >= 15 is 0 Å². The van der Waals surface area contributed by atoms with E-state index in [1.165, 1.54) is 12.8 Å². The summed E-state index contributed by atoms with van der Waals surface area (Å²) in [5.74, 6) is 0. The molecule has 13 heavy (non-hydrogen) atoms. The number of aliphatic hydroxyl groups excluding tert-OH is 1. The van der Waals surface area contributed by atoms with E-state index < -0.39 is 0 Å². The zero-order valence-corrected chi connectivity index (χ0v) is 8.15. The van der Waals surface area contributed by atoms with Crippen molar-refractivity contribution >= 4 is 0 Å². The summed E-state index contributed by atoms with van der Waals surface area (Å²) in [5.41, 5.74) is 5.51. The average Bonchev–Trinajstić information content (AvgIpc) is 2.33. The summed E-state index contributed by atoms with van der Waals surface area (Å²) >= 11 is 0. The van der Waals surface area contributed by atoms with Crippen LogP contribution in [0.2, 0.25) is 0 Å². The molecule has 0 aliphatic carbocycles. The van der Waals surface area contributed by atoms with Crippen molar-refractivity contribution in [2.24, 2.45) is 5.73 Å². The van der Waals surface area contributed by atoms with Gasteiger partial charge in [0.15, 0.2) is 0 Å². The third-order valence-corrected chi connectivity index (χ3v) is 3.48. The molecule has 2 aliphatic rings. The second-order valence-electron chi connectivity index (χ2n) is 4.39. The van der Waals surface area contributed by atoms with Gasteiger partial charge in [-0.3, -0.25) is 4.90 Å². The number of nitrogens with two attached hydrogens (primary N) is 1. The van der Waals surface area contributed by atoms with Gasteiger partial charge in [-0.2, -0.15) is 0 Å². The van der Waals surface area contributed by atoms with Crippen molar-refractivity contribution in [1.29, 1.82) is 0 Å². The number of nitrogens with zero attached hydrogens (tertiary/aromatic N) is 1. The van der Waals surface area contributed by atoms with Gasteiger partial charge in [0.05, 0.1) is 6.10 Å². The molecule has 0 aromatic rings. The predicted octanol–water partition coefficient (Wildman–Crippen LogP) is 0.323. The topological polar surface area (TPSA) is 49.5 Å². The fourth-order valence-electron chi connectivity index (χ4n) is 2.88. The lowest BCUT2D eigenvalue weighted by Gasteiger charge is -2.37. The third-order valence-electron chi connectivity index (χ3n) is 3.48. The molecule has 2 unspecified atom stereocenters. The fraction of sp³-hybridized carbons (Fsp3) is 1.00. The summed E-state index contributed by atoms with van der Waals surface area (Å²) in [4.78, 5) is 2.57. The highest BCUT2D eigenvalue weighted by atomic mass is 16.3. The minimum atomic E-state index is -0.0355. The average molecular weight is 184 g/mol. The molecule has 0 radical (unpaired) electrons. The Morgan fingerprint density at radius 1 is 1.23 bits per heavy atom. The Morgan fingerprint density at radius 2 is 1.85 bits per heavy atom. The van der Waals surface area contributed by atoms with Crippen molar-refractivity contribution in [3.63, 3.8) is 0 Å². The van der Waals surface area contributed by atoms with E-state index in [4.69, 9.17) is 5.73 Å². The highest BCUT2D eigenvalue weighted by molar-refractivity contribution is 4.94. The number of fused-ring (bicyclic) bond motifs is 2. The van der Waals surface area contributed by atoms with Gasteiger partial charge in [-0.25, -0.2) is 0 Å².